The van der Waals surface area contributed by atoms with Gasteiger partial charge in [0.15, 0.2) is 0 Å². The van der Waals surface area contributed by atoms with Crippen molar-refractivity contribution in [1.82, 2.24) is 15.5 Å². The maximum atomic E-state index is 11.7. The fourth-order valence-corrected chi connectivity index (χ4v) is 1.14. The van der Waals surface area contributed by atoms with Crippen LogP contribution in [0.4, 0.5) is 9.59 Å². The maximum absolute atomic E-state index is 11.7. The Morgan fingerprint density at radius 3 is 2.06 bits per heavy atom. The van der Waals surface area contributed by atoms with Crippen molar-refractivity contribution in [3.05, 3.63) is 25.3 Å². The zero-order valence-electron chi connectivity index (χ0n) is 9.65. The quantitative estimate of drug-likeness (QED) is 0.523. The lowest BCUT2D eigenvalue weighted by atomic mass is 10.4. The molecule has 0 aromatic rings. The van der Waals surface area contributed by atoms with Crippen molar-refractivity contribution in [3.8, 4) is 0 Å². The topological polar surface area (TPSA) is 74.0 Å². The molecule has 0 aromatic carbocycles. The summed E-state index contributed by atoms with van der Waals surface area (Å²) >= 11 is 0. The van der Waals surface area contributed by atoms with E-state index in [0.717, 1.165) is 4.90 Å². The summed E-state index contributed by atoms with van der Waals surface area (Å²) in [5.74, 6) is 0. The highest BCUT2D eigenvalue weighted by molar-refractivity contribution is 5.93. The molecule has 1 aliphatic heterocycles. The highest BCUT2D eigenvalue weighted by Gasteiger charge is 2.31. The summed E-state index contributed by atoms with van der Waals surface area (Å²) in [5, 5.41) is 5.10. The number of carbonyl (C=O) groups is 2. The zero-order valence-corrected chi connectivity index (χ0v) is 9.65. The van der Waals surface area contributed by atoms with E-state index in [9.17, 15) is 9.59 Å². The van der Waals surface area contributed by atoms with Gasteiger partial charge in [-0.1, -0.05) is 12.2 Å². The number of urea groups is 2. The van der Waals surface area contributed by atoms with Crippen molar-refractivity contribution >= 4 is 12.1 Å². The van der Waals surface area contributed by atoms with Gasteiger partial charge in [0, 0.05) is 13.1 Å². The van der Waals surface area contributed by atoms with Crippen LogP contribution in [0.25, 0.3) is 0 Å². The van der Waals surface area contributed by atoms with Gasteiger partial charge in [-0.15, -0.1) is 13.2 Å². The molecule has 2 N–H and O–H groups in total. The van der Waals surface area contributed by atoms with Crippen LogP contribution in [-0.2, 0) is 4.74 Å². The Morgan fingerprint density at radius 2 is 1.71 bits per heavy atom. The molecule has 1 atom stereocenters. The van der Waals surface area contributed by atoms with Crippen LogP contribution >= 0.6 is 0 Å². The number of carbonyl (C=O) groups excluding carboxylic acids is 2. The average Bonchev–Trinajstić information content (AvgIpc) is 3.13. The van der Waals surface area contributed by atoms with Gasteiger partial charge >= 0.3 is 12.1 Å². The summed E-state index contributed by atoms with van der Waals surface area (Å²) in [6, 6.07) is -0.913. The molecule has 6 heteroatoms. The lowest BCUT2D eigenvalue weighted by Crippen LogP contribution is -2.50. The van der Waals surface area contributed by atoms with Crippen molar-refractivity contribution in [2.24, 2.45) is 0 Å². The lowest BCUT2D eigenvalue weighted by molar-refractivity contribution is 0.182. The number of hydrogen-bond donors (Lipinski definition) is 2. The summed E-state index contributed by atoms with van der Waals surface area (Å²) < 4.78 is 5.01. The lowest BCUT2D eigenvalue weighted by Gasteiger charge is -2.20. The standard InChI is InChI=1S/C11H17N3O3/c1-3-5-12-10(15)14(7-9-8-17-9)11(16)13-6-4-2/h3-4,9H,1-2,5-8H2,(H,12,15)(H,13,16). The summed E-state index contributed by atoms with van der Waals surface area (Å²) in [6.45, 7) is 8.45. The molecule has 94 valence electrons. The van der Waals surface area contributed by atoms with Crippen molar-refractivity contribution in [2.45, 2.75) is 6.10 Å². The molecule has 0 saturated carbocycles. The third-order valence-corrected chi connectivity index (χ3v) is 2.07. The molecule has 1 saturated heterocycles. The number of nitrogens with one attached hydrogen (secondary N) is 2. The Hall–Kier alpha value is -1.82. The normalized spacial score (nSPS) is 16.8. The summed E-state index contributed by atoms with van der Waals surface area (Å²) in [7, 11) is 0. The average molecular weight is 239 g/mol. The zero-order chi connectivity index (χ0) is 12.7. The first-order valence-corrected chi connectivity index (χ1v) is 5.35. The smallest absolute Gasteiger partial charge is 0.325 e. The van der Waals surface area contributed by atoms with E-state index in [2.05, 4.69) is 23.8 Å². The van der Waals surface area contributed by atoms with Crippen LogP contribution in [0, 0.1) is 0 Å². The first-order valence-electron chi connectivity index (χ1n) is 5.35. The Morgan fingerprint density at radius 1 is 1.24 bits per heavy atom. The number of nitrogens with zero attached hydrogens (tertiary/aromatic N) is 1. The SMILES string of the molecule is C=CCNC(=O)N(CC1CO1)C(=O)NCC=C. The van der Waals surface area contributed by atoms with E-state index >= 15 is 0 Å². The van der Waals surface area contributed by atoms with Crippen molar-refractivity contribution in [1.29, 1.82) is 0 Å². The molecule has 17 heavy (non-hydrogen) atoms. The Kier molecular flexibility index (Phi) is 5.22. The molecule has 0 spiro atoms. The molecule has 0 aromatic heterocycles. The number of imide groups is 1. The Labute approximate surface area is 100 Å². The second-order valence-electron chi connectivity index (χ2n) is 3.52. The van der Waals surface area contributed by atoms with E-state index in [0.29, 0.717) is 19.7 Å². The van der Waals surface area contributed by atoms with Crippen molar-refractivity contribution in [3.63, 3.8) is 0 Å². The van der Waals surface area contributed by atoms with E-state index < -0.39 is 12.1 Å². The molecule has 1 rings (SSSR count). The van der Waals surface area contributed by atoms with Gasteiger partial charge in [0.2, 0.25) is 0 Å². The Bertz CT molecular complexity index is 289. The third kappa shape index (κ3) is 4.69. The number of ether oxygens (including phenoxy) is 1. The van der Waals surface area contributed by atoms with E-state index in [1.807, 2.05) is 0 Å². The molecular weight excluding hydrogens is 222 g/mol. The number of rotatable bonds is 6. The van der Waals surface area contributed by atoms with Gasteiger partial charge in [-0.25, -0.2) is 14.5 Å². The van der Waals surface area contributed by atoms with Gasteiger partial charge in [-0.3, -0.25) is 0 Å². The van der Waals surface area contributed by atoms with Crippen LogP contribution in [0.15, 0.2) is 25.3 Å². The predicted molar refractivity (Wildman–Crippen MR) is 63.6 cm³/mol. The van der Waals surface area contributed by atoms with Gasteiger partial charge in [0.05, 0.1) is 19.3 Å². The van der Waals surface area contributed by atoms with Crippen LogP contribution < -0.4 is 10.6 Å². The minimum absolute atomic E-state index is 0.0426. The van der Waals surface area contributed by atoms with Crippen molar-refractivity contribution < 1.29 is 14.3 Å². The number of amides is 4. The van der Waals surface area contributed by atoms with Crippen LogP contribution in [-0.4, -0.2) is 49.3 Å². The first-order chi connectivity index (χ1) is 8.19. The minimum Gasteiger partial charge on any atom is -0.371 e. The van der Waals surface area contributed by atoms with Gasteiger partial charge < -0.3 is 15.4 Å². The largest absolute Gasteiger partial charge is 0.371 e. The fourth-order valence-electron chi connectivity index (χ4n) is 1.14. The molecule has 1 fully saturated rings. The molecule has 1 aliphatic rings. The van der Waals surface area contributed by atoms with Crippen LogP contribution in [0.5, 0.6) is 0 Å². The second-order valence-corrected chi connectivity index (χ2v) is 3.52. The Balaban J connectivity index is 2.50. The molecule has 4 amide bonds. The molecule has 0 bridgehead atoms. The molecule has 1 unspecified atom stereocenters. The summed E-state index contributed by atoms with van der Waals surface area (Å²) in [4.78, 5) is 24.5. The number of hydrogen-bond acceptors (Lipinski definition) is 3. The number of epoxide rings is 1. The predicted octanol–water partition coefficient (Wildman–Crippen LogP) is 0.478. The van der Waals surface area contributed by atoms with Gasteiger partial charge in [0.25, 0.3) is 0 Å². The first kappa shape index (κ1) is 13.2. The molecule has 0 aliphatic carbocycles. The highest BCUT2D eigenvalue weighted by Crippen LogP contribution is 2.11. The van der Waals surface area contributed by atoms with Crippen LogP contribution in [0.3, 0.4) is 0 Å². The molecular formula is C11H17N3O3. The van der Waals surface area contributed by atoms with Crippen molar-refractivity contribution in [2.75, 3.05) is 26.2 Å². The third-order valence-electron chi connectivity index (χ3n) is 2.07. The van der Waals surface area contributed by atoms with Crippen LogP contribution in [0.1, 0.15) is 0 Å². The van der Waals surface area contributed by atoms with Gasteiger partial charge in [-0.05, 0) is 0 Å². The molecule has 0 radical (unpaired) electrons. The second kappa shape index (κ2) is 6.70. The van der Waals surface area contributed by atoms with E-state index in [-0.39, 0.29) is 12.6 Å². The summed E-state index contributed by atoms with van der Waals surface area (Å²) in [6.07, 6.45) is 3.05. The van der Waals surface area contributed by atoms with E-state index in [4.69, 9.17) is 4.74 Å². The summed E-state index contributed by atoms with van der Waals surface area (Å²) in [5.41, 5.74) is 0. The van der Waals surface area contributed by atoms with E-state index in [1.54, 1.807) is 12.2 Å². The van der Waals surface area contributed by atoms with Crippen LogP contribution in [0.2, 0.25) is 0 Å². The highest BCUT2D eigenvalue weighted by atomic mass is 16.6. The fraction of sp³-hybridized carbons (Fsp3) is 0.455. The minimum atomic E-state index is -0.457. The van der Waals surface area contributed by atoms with Gasteiger partial charge in [0.1, 0.15) is 0 Å². The monoisotopic (exact) mass is 239 g/mol. The molecule has 1 heterocycles. The van der Waals surface area contributed by atoms with Gasteiger partial charge in [-0.2, -0.15) is 0 Å². The molecule has 6 nitrogen and oxygen atoms in total. The maximum Gasteiger partial charge on any atom is 0.325 e. The van der Waals surface area contributed by atoms with E-state index in [1.165, 1.54) is 0 Å².